The van der Waals surface area contributed by atoms with E-state index in [0.717, 1.165) is 17.1 Å². The molecule has 0 bridgehead atoms. The number of nitrogens with two attached hydrogens (primary N) is 1. The summed E-state index contributed by atoms with van der Waals surface area (Å²) in [7, 11) is 4.04. The molecule has 1 aliphatic heterocycles. The summed E-state index contributed by atoms with van der Waals surface area (Å²) in [5, 5.41) is 3.33. The van der Waals surface area contributed by atoms with Crippen LogP contribution in [0.5, 0.6) is 0 Å². The number of rotatable bonds is 2. The Morgan fingerprint density at radius 1 is 1.30 bits per heavy atom. The summed E-state index contributed by atoms with van der Waals surface area (Å²) in [5.41, 5.74) is 11.2. The second-order valence-corrected chi connectivity index (χ2v) is 5.24. The first kappa shape index (κ1) is 12.7. The molecular formula is C13H16N6S. The summed E-state index contributed by atoms with van der Waals surface area (Å²) >= 11 is 5.19. The van der Waals surface area contributed by atoms with Crippen LogP contribution in [0.4, 0.5) is 17.3 Å². The Bertz CT molecular complexity index is 691. The molecule has 0 amide bonds. The average Bonchev–Trinajstić information content (AvgIpc) is 2.83. The zero-order valence-corrected chi connectivity index (χ0v) is 12.1. The molecule has 1 aromatic heterocycles. The molecule has 0 spiro atoms. The minimum Gasteiger partial charge on any atom is -0.383 e. The summed E-state index contributed by atoms with van der Waals surface area (Å²) in [4.78, 5) is 6.12. The van der Waals surface area contributed by atoms with Crippen molar-refractivity contribution < 1.29 is 0 Å². The monoisotopic (exact) mass is 288 g/mol. The zero-order valence-electron chi connectivity index (χ0n) is 11.3. The lowest BCUT2D eigenvalue weighted by Gasteiger charge is -2.15. The molecular weight excluding hydrogens is 272 g/mol. The lowest BCUT2D eigenvalue weighted by Crippen LogP contribution is -2.17. The largest absolute Gasteiger partial charge is 0.383 e. The lowest BCUT2D eigenvalue weighted by molar-refractivity contribution is 0.801. The Balaban J connectivity index is 1.88. The second-order valence-electron chi connectivity index (χ2n) is 4.88. The Morgan fingerprint density at radius 3 is 2.65 bits per heavy atom. The van der Waals surface area contributed by atoms with Crippen molar-refractivity contribution in [3.05, 3.63) is 40.7 Å². The number of nitrogens with one attached hydrogen (secondary N) is 2. The van der Waals surface area contributed by atoms with Crippen molar-refractivity contribution in [2.24, 2.45) is 0 Å². The maximum Gasteiger partial charge on any atom is 0.222 e. The van der Waals surface area contributed by atoms with E-state index >= 15 is 0 Å². The molecule has 104 valence electrons. The summed E-state index contributed by atoms with van der Waals surface area (Å²) in [5.74, 6) is 1.24. The van der Waals surface area contributed by atoms with Gasteiger partial charge in [0, 0.05) is 25.8 Å². The standard InChI is InChI=1S/C13H16N6S/c1-18(2)9-5-3-8(4-6-9)12-16-11-7-10(14)15-13(20)19(11)17-12/h3-7,12,16-17H,1-2H3,(H2,14,15,20). The highest BCUT2D eigenvalue weighted by atomic mass is 32.1. The molecule has 0 aliphatic carbocycles. The molecule has 7 heteroatoms. The van der Waals surface area contributed by atoms with Crippen molar-refractivity contribution in [2.75, 3.05) is 35.5 Å². The molecule has 0 radical (unpaired) electrons. The fourth-order valence-electron chi connectivity index (χ4n) is 2.16. The van der Waals surface area contributed by atoms with E-state index in [4.69, 9.17) is 18.0 Å². The number of benzene rings is 1. The molecule has 0 saturated carbocycles. The fourth-order valence-corrected chi connectivity index (χ4v) is 2.42. The van der Waals surface area contributed by atoms with Crippen molar-refractivity contribution in [3.63, 3.8) is 0 Å². The minimum absolute atomic E-state index is 0.0449. The van der Waals surface area contributed by atoms with Gasteiger partial charge in [-0.1, -0.05) is 12.1 Å². The molecule has 4 N–H and O–H groups in total. The number of aromatic nitrogens is 2. The first-order valence-electron chi connectivity index (χ1n) is 6.24. The quantitative estimate of drug-likeness (QED) is 0.734. The van der Waals surface area contributed by atoms with Crippen LogP contribution in [0.1, 0.15) is 11.7 Å². The van der Waals surface area contributed by atoms with Gasteiger partial charge >= 0.3 is 0 Å². The van der Waals surface area contributed by atoms with E-state index < -0.39 is 0 Å². The van der Waals surface area contributed by atoms with Crippen LogP contribution in [0.15, 0.2) is 30.3 Å². The SMILES string of the molecule is CN(C)c1ccc(C2Nc3cc(N)nc(=S)n3N2)cc1. The number of hydrogen-bond donors (Lipinski definition) is 3. The highest BCUT2D eigenvalue weighted by Gasteiger charge is 2.21. The van der Waals surface area contributed by atoms with Gasteiger partial charge in [0.2, 0.25) is 4.77 Å². The highest BCUT2D eigenvalue weighted by molar-refractivity contribution is 7.71. The van der Waals surface area contributed by atoms with Crippen molar-refractivity contribution in [1.82, 2.24) is 9.66 Å². The molecule has 1 unspecified atom stereocenters. The van der Waals surface area contributed by atoms with Crippen LogP contribution in [-0.2, 0) is 0 Å². The molecule has 1 atom stereocenters. The highest BCUT2D eigenvalue weighted by Crippen LogP contribution is 2.26. The van der Waals surface area contributed by atoms with Crippen LogP contribution in [0.2, 0.25) is 0 Å². The van der Waals surface area contributed by atoms with Gasteiger partial charge in [0.05, 0.1) is 0 Å². The third kappa shape index (κ3) is 2.16. The Kier molecular flexibility index (Phi) is 2.98. The van der Waals surface area contributed by atoms with Gasteiger partial charge in [-0.15, -0.1) is 0 Å². The number of nitrogen functional groups attached to an aromatic ring is 1. The number of anilines is 3. The van der Waals surface area contributed by atoms with E-state index in [1.54, 1.807) is 10.7 Å². The topological polar surface area (TPSA) is 71.1 Å². The third-order valence-corrected chi connectivity index (χ3v) is 3.51. The van der Waals surface area contributed by atoms with E-state index in [-0.39, 0.29) is 6.17 Å². The number of fused-ring (bicyclic) bond motifs is 1. The Hall–Kier alpha value is -2.28. The normalized spacial score (nSPS) is 16.2. The summed E-state index contributed by atoms with van der Waals surface area (Å²) in [6, 6.07) is 10.1. The Morgan fingerprint density at radius 2 is 2.00 bits per heavy atom. The molecule has 0 saturated heterocycles. The van der Waals surface area contributed by atoms with Gasteiger partial charge in [-0.2, -0.15) is 0 Å². The molecule has 3 rings (SSSR count). The molecule has 6 nitrogen and oxygen atoms in total. The van der Waals surface area contributed by atoms with Crippen LogP contribution in [0, 0.1) is 4.77 Å². The maximum absolute atomic E-state index is 5.70. The maximum atomic E-state index is 5.70. The predicted molar refractivity (Wildman–Crippen MR) is 84.0 cm³/mol. The van der Waals surface area contributed by atoms with E-state index in [1.165, 1.54) is 0 Å². The van der Waals surface area contributed by atoms with E-state index in [2.05, 4.69) is 44.9 Å². The second kappa shape index (κ2) is 4.68. The first-order chi connectivity index (χ1) is 9.54. The first-order valence-corrected chi connectivity index (χ1v) is 6.65. The van der Waals surface area contributed by atoms with Crippen LogP contribution < -0.4 is 21.4 Å². The van der Waals surface area contributed by atoms with Gasteiger partial charge in [-0.3, -0.25) is 5.43 Å². The Labute approximate surface area is 122 Å². The van der Waals surface area contributed by atoms with Gasteiger partial charge < -0.3 is 16.0 Å². The molecule has 1 aliphatic rings. The van der Waals surface area contributed by atoms with Gasteiger partial charge in [0.15, 0.2) is 0 Å². The van der Waals surface area contributed by atoms with Crippen molar-refractivity contribution in [2.45, 2.75) is 6.17 Å². The molecule has 2 heterocycles. The summed E-state index contributed by atoms with van der Waals surface area (Å²) in [6.07, 6.45) is -0.0449. The van der Waals surface area contributed by atoms with Crippen molar-refractivity contribution in [1.29, 1.82) is 0 Å². The molecule has 2 aromatic rings. The van der Waals surface area contributed by atoms with Gasteiger partial charge in [0.1, 0.15) is 17.8 Å². The van der Waals surface area contributed by atoms with E-state index in [0.29, 0.717) is 10.6 Å². The smallest absolute Gasteiger partial charge is 0.222 e. The van der Waals surface area contributed by atoms with E-state index in [1.807, 2.05) is 14.1 Å². The summed E-state index contributed by atoms with van der Waals surface area (Å²) < 4.78 is 2.15. The van der Waals surface area contributed by atoms with Gasteiger partial charge in [0.25, 0.3) is 0 Å². The van der Waals surface area contributed by atoms with Crippen LogP contribution in [-0.4, -0.2) is 23.8 Å². The van der Waals surface area contributed by atoms with Gasteiger partial charge in [-0.05, 0) is 29.9 Å². The van der Waals surface area contributed by atoms with Crippen LogP contribution >= 0.6 is 12.2 Å². The zero-order chi connectivity index (χ0) is 14.3. The average molecular weight is 288 g/mol. The predicted octanol–water partition coefficient (Wildman–Crippen LogP) is 1.93. The molecule has 0 fully saturated rings. The number of hydrogen-bond acceptors (Lipinski definition) is 6. The lowest BCUT2D eigenvalue weighted by atomic mass is 10.1. The van der Waals surface area contributed by atoms with Crippen molar-refractivity contribution >= 4 is 29.5 Å². The third-order valence-electron chi connectivity index (χ3n) is 3.23. The summed E-state index contributed by atoms with van der Waals surface area (Å²) in [6.45, 7) is 0. The fraction of sp³-hybridized carbons (Fsp3) is 0.231. The molecule has 1 aromatic carbocycles. The van der Waals surface area contributed by atoms with Crippen LogP contribution in [0.25, 0.3) is 0 Å². The number of nitrogens with zero attached hydrogens (tertiary/aromatic N) is 3. The van der Waals surface area contributed by atoms with Crippen molar-refractivity contribution in [3.8, 4) is 0 Å². The van der Waals surface area contributed by atoms with E-state index in [9.17, 15) is 0 Å². The van der Waals surface area contributed by atoms with Gasteiger partial charge in [-0.25, -0.2) is 9.66 Å². The molecule has 20 heavy (non-hydrogen) atoms. The minimum atomic E-state index is -0.0449. The van der Waals surface area contributed by atoms with Crippen LogP contribution in [0.3, 0.4) is 0 Å².